The zero-order valence-corrected chi connectivity index (χ0v) is 15.5. The van der Waals surface area contributed by atoms with Gasteiger partial charge in [-0.25, -0.2) is 9.89 Å². The number of aromatic nitrogens is 4. The molecule has 1 aliphatic rings. The van der Waals surface area contributed by atoms with Crippen molar-refractivity contribution in [2.24, 2.45) is 0 Å². The number of aryl methyl sites for hydroxylation is 1. The number of carbonyl (C=O) groups excluding carboxylic acids is 1. The van der Waals surface area contributed by atoms with Crippen LogP contribution in [0, 0.1) is 13.8 Å². The van der Waals surface area contributed by atoms with Gasteiger partial charge in [0.05, 0.1) is 18.6 Å². The van der Waals surface area contributed by atoms with Crippen molar-refractivity contribution in [3.8, 4) is 0 Å². The van der Waals surface area contributed by atoms with E-state index in [0.29, 0.717) is 17.3 Å². The molecule has 3 heterocycles. The van der Waals surface area contributed by atoms with Crippen LogP contribution in [0.1, 0.15) is 46.4 Å². The van der Waals surface area contributed by atoms with Gasteiger partial charge in [-0.2, -0.15) is 0 Å². The lowest BCUT2D eigenvalue weighted by Gasteiger charge is -2.08. The first-order valence-corrected chi connectivity index (χ1v) is 9.55. The number of hydrogen-bond donors (Lipinski definition) is 1. The number of ketones is 1. The number of aromatic amines is 1. The highest BCUT2D eigenvalue weighted by molar-refractivity contribution is 7.99. The summed E-state index contributed by atoms with van der Waals surface area (Å²) in [5.74, 6) is 1.14. The van der Waals surface area contributed by atoms with E-state index in [1.54, 1.807) is 10.8 Å². The summed E-state index contributed by atoms with van der Waals surface area (Å²) >= 11 is 1.31. The predicted molar refractivity (Wildman–Crippen MR) is 97.9 cm³/mol. The number of rotatable bonds is 7. The largest absolute Gasteiger partial charge is 0.467 e. The van der Waals surface area contributed by atoms with Gasteiger partial charge in [0.2, 0.25) is 0 Å². The molecule has 0 spiro atoms. The molecule has 26 heavy (non-hydrogen) atoms. The van der Waals surface area contributed by atoms with Gasteiger partial charge in [-0.05, 0) is 44.9 Å². The van der Waals surface area contributed by atoms with Gasteiger partial charge in [0.15, 0.2) is 10.9 Å². The Morgan fingerprint density at radius 1 is 1.42 bits per heavy atom. The molecule has 0 bridgehead atoms. The minimum Gasteiger partial charge on any atom is -0.467 e. The summed E-state index contributed by atoms with van der Waals surface area (Å²) in [5, 5.41) is 7.13. The highest BCUT2D eigenvalue weighted by Crippen LogP contribution is 2.36. The van der Waals surface area contributed by atoms with Crippen LogP contribution in [0.5, 0.6) is 0 Å². The van der Waals surface area contributed by atoms with E-state index >= 15 is 0 Å². The molecule has 0 aliphatic heterocycles. The topological polar surface area (TPSA) is 85.8 Å². The number of Topliss-reactive ketones (excluding diaryl/α,β-unsaturated/α-hetero) is 1. The van der Waals surface area contributed by atoms with Gasteiger partial charge in [0.1, 0.15) is 5.76 Å². The summed E-state index contributed by atoms with van der Waals surface area (Å²) in [5.41, 5.74) is 2.45. The Morgan fingerprint density at radius 3 is 2.92 bits per heavy atom. The van der Waals surface area contributed by atoms with E-state index in [0.717, 1.165) is 30.0 Å². The number of thioether (sulfide) groups is 1. The maximum atomic E-state index is 12.7. The van der Waals surface area contributed by atoms with E-state index in [2.05, 4.69) is 14.8 Å². The second-order valence-electron chi connectivity index (χ2n) is 6.57. The van der Waals surface area contributed by atoms with E-state index in [1.165, 1.54) is 11.8 Å². The normalized spacial score (nSPS) is 14.1. The van der Waals surface area contributed by atoms with Gasteiger partial charge >= 0.3 is 5.69 Å². The molecule has 1 fully saturated rings. The molecule has 1 aliphatic carbocycles. The molecule has 0 saturated heterocycles. The molecule has 136 valence electrons. The fraction of sp³-hybridized carbons (Fsp3) is 0.389. The Kier molecular flexibility index (Phi) is 4.36. The number of hydrogen-bond acceptors (Lipinski definition) is 5. The van der Waals surface area contributed by atoms with E-state index in [9.17, 15) is 9.59 Å². The minimum atomic E-state index is -0.195. The van der Waals surface area contributed by atoms with Crippen LogP contribution in [0.2, 0.25) is 0 Å². The molecule has 8 heteroatoms. The van der Waals surface area contributed by atoms with Crippen LogP contribution in [0.15, 0.2) is 38.8 Å². The van der Waals surface area contributed by atoms with E-state index in [4.69, 9.17) is 4.42 Å². The predicted octanol–water partition coefficient (Wildman–Crippen LogP) is 2.94. The molecule has 0 atom stereocenters. The van der Waals surface area contributed by atoms with Gasteiger partial charge in [0.25, 0.3) is 0 Å². The Labute approximate surface area is 154 Å². The lowest BCUT2D eigenvalue weighted by atomic mass is 10.2. The lowest BCUT2D eigenvalue weighted by Crippen LogP contribution is -2.16. The Morgan fingerprint density at radius 2 is 2.23 bits per heavy atom. The quantitative estimate of drug-likeness (QED) is 0.509. The van der Waals surface area contributed by atoms with Crippen LogP contribution in [-0.2, 0) is 6.54 Å². The zero-order valence-electron chi connectivity index (χ0n) is 14.7. The number of H-pyrrole nitrogens is 1. The van der Waals surface area contributed by atoms with Gasteiger partial charge in [0, 0.05) is 23.0 Å². The standard InChI is InChI=1S/C18H20N4O3S/c1-11-8-15(12(2)21(11)9-14-4-3-7-25-14)16(23)10-26-18-20-19-17(24)22(18)13-5-6-13/h3-4,7-8,13H,5-6,9-10H2,1-2H3,(H,19,24). The molecule has 1 saturated carbocycles. The summed E-state index contributed by atoms with van der Waals surface area (Å²) in [7, 11) is 0. The van der Waals surface area contributed by atoms with Crippen LogP contribution in [0.4, 0.5) is 0 Å². The first kappa shape index (κ1) is 17.0. The van der Waals surface area contributed by atoms with Crippen molar-refractivity contribution in [3.63, 3.8) is 0 Å². The molecule has 4 rings (SSSR count). The number of furan rings is 1. The van der Waals surface area contributed by atoms with Crippen molar-refractivity contribution in [3.05, 3.63) is 57.7 Å². The third-order valence-corrected chi connectivity index (χ3v) is 5.64. The molecule has 3 aromatic heterocycles. The highest BCUT2D eigenvalue weighted by Gasteiger charge is 2.29. The van der Waals surface area contributed by atoms with E-state index in [1.807, 2.05) is 32.0 Å². The van der Waals surface area contributed by atoms with Crippen LogP contribution in [-0.4, -0.2) is 30.9 Å². The fourth-order valence-electron chi connectivity index (χ4n) is 3.14. The second kappa shape index (κ2) is 6.68. The molecule has 0 unspecified atom stereocenters. The second-order valence-corrected chi connectivity index (χ2v) is 7.52. The van der Waals surface area contributed by atoms with Crippen LogP contribution < -0.4 is 5.69 Å². The van der Waals surface area contributed by atoms with Gasteiger partial charge in [-0.15, -0.1) is 5.10 Å². The average Bonchev–Trinajstić information content (AvgIpc) is 3.06. The fourth-order valence-corrected chi connectivity index (χ4v) is 4.04. The van der Waals surface area contributed by atoms with Crippen LogP contribution in [0.25, 0.3) is 0 Å². The average molecular weight is 372 g/mol. The molecule has 3 aromatic rings. The lowest BCUT2D eigenvalue weighted by molar-refractivity contribution is 0.102. The van der Waals surface area contributed by atoms with Gasteiger partial charge in [-0.3, -0.25) is 9.36 Å². The molecule has 0 aromatic carbocycles. The van der Waals surface area contributed by atoms with Crippen molar-refractivity contribution in [1.29, 1.82) is 0 Å². The molecule has 0 radical (unpaired) electrons. The highest BCUT2D eigenvalue weighted by atomic mass is 32.2. The summed E-state index contributed by atoms with van der Waals surface area (Å²) in [6.45, 7) is 4.53. The Hall–Kier alpha value is -2.48. The maximum Gasteiger partial charge on any atom is 0.344 e. The SMILES string of the molecule is Cc1cc(C(=O)CSc2n[nH]c(=O)n2C2CC2)c(C)n1Cc1ccco1. The van der Waals surface area contributed by atoms with Crippen molar-refractivity contribution in [2.75, 3.05) is 5.75 Å². The zero-order chi connectivity index (χ0) is 18.3. The third kappa shape index (κ3) is 3.16. The number of nitrogens with one attached hydrogen (secondary N) is 1. The monoisotopic (exact) mass is 372 g/mol. The first-order chi connectivity index (χ1) is 12.5. The summed E-state index contributed by atoms with van der Waals surface area (Å²) < 4.78 is 9.15. The van der Waals surface area contributed by atoms with Crippen molar-refractivity contribution < 1.29 is 9.21 Å². The summed E-state index contributed by atoms with van der Waals surface area (Å²) in [6.07, 6.45) is 3.64. The van der Waals surface area contributed by atoms with Crippen molar-refractivity contribution >= 4 is 17.5 Å². The summed E-state index contributed by atoms with van der Waals surface area (Å²) in [4.78, 5) is 24.6. The first-order valence-electron chi connectivity index (χ1n) is 8.56. The number of carbonyl (C=O) groups is 1. The van der Waals surface area contributed by atoms with Gasteiger partial charge in [-0.1, -0.05) is 11.8 Å². The van der Waals surface area contributed by atoms with Crippen LogP contribution in [0.3, 0.4) is 0 Å². The van der Waals surface area contributed by atoms with Crippen molar-refractivity contribution in [2.45, 2.75) is 44.4 Å². The van der Waals surface area contributed by atoms with Gasteiger partial charge < -0.3 is 8.98 Å². The van der Waals surface area contributed by atoms with E-state index in [-0.39, 0.29) is 23.3 Å². The molecule has 1 N–H and O–H groups in total. The Balaban J connectivity index is 1.49. The molecular weight excluding hydrogens is 352 g/mol. The van der Waals surface area contributed by atoms with Crippen molar-refractivity contribution in [1.82, 2.24) is 19.3 Å². The third-order valence-electron chi connectivity index (χ3n) is 4.68. The smallest absolute Gasteiger partial charge is 0.344 e. The molecule has 7 nitrogen and oxygen atoms in total. The minimum absolute atomic E-state index is 0.0339. The molecular formula is C18H20N4O3S. The number of nitrogens with zero attached hydrogens (tertiary/aromatic N) is 3. The molecule has 0 amide bonds. The van der Waals surface area contributed by atoms with E-state index < -0.39 is 0 Å². The summed E-state index contributed by atoms with van der Waals surface area (Å²) in [6, 6.07) is 5.93. The maximum absolute atomic E-state index is 12.7. The Bertz CT molecular complexity index is 992. The van der Waals surface area contributed by atoms with Crippen LogP contribution >= 0.6 is 11.8 Å².